The van der Waals surface area contributed by atoms with Crippen LogP contribution < -0.4 is 43.5 Å². The molecule has 3 heterocycles. The van der Waals surface area contributed by atoms with Crippen molar-refractivity contribution < 1.29 is 27.3 Å². The van der Waals surface area contributed by atoms with E-state index >= 15 is 13.7 Å². The molecule has 54 heavy (non-hydrogen) atoms. The van der Waals surface area contributed by atoms with Crippen molar-refractivity contribution in [3.05, 3.63) is 182 Å². The molecule has 0 aliphatic carbocycles. The molecule has 0 saturated heterocycles. The number of benzene rings is 7. The van der Waals surface area contributed by atoms with Gasteiger partial charge in [0, 0.05) is 0 Å². The van der Waals surface area contributed by atoms with Gasteiger partial charge in [-0.3, -0.25) is 14.0 Å². The summed E-state index contributed by atoms with van der Waals surface area (Å²) in [6, 6.07) is 54.6. The van der Waals surface area contributed by atoms with E-state index in [-0.39, 0.29) is 15.9 Å². The number of fused-ring (bicyclic) bond motifs is 3. The largest absolute Gasteiger partial charge is 0.423 e. The van der Waals surface area contributed by atoms with Gasteiger partial charge in [-0.15, -0.1) is 0 Å². The normalized spacial score (nSPS) is 22.1. The maximum atomic E-state index is 15.9. The Labute approximate surface area is 312 Å². The monoisotopic (exact) mass is 765 g/mol. The van der Waals surface area contributed by atoms with E-state index in [0.717, 1.165) is 0 Å². The van der Waals surface area contributed by atoms with Gasteiger partial charge in [0.1, 0.15) is 0 Å². The van der Waals surface area contributed by atoms with E-state index in [0.29, 0.717) is 51.4 Å². The number of hydrogen-bond acceptors (Lipinski definition) is 6. The molecule has 3 aliphatic rings. The van der Waals surface area contributed by atoms with Crippen LogP contribution in [0.5, 0.6) is 17.2 Å². The van der Waals surface area contributed by atoms with Crippen LogP contribution in [0.15, 0.2) is 182 Å². The highest BCUT2D eigenvalue weighted by atomic mass is 31.2. The molecule has 0 bridgehead atoms. The fourth-order valence-corrected chi connectivity index (χ4v) is 14.5. The Morgan fingerprint density at radius 2 is 0.556 bits per heavy atom. The lowest BCUT2D eigenvalue weighted by molar-refractivity contribution is 0.505. The average Bonchev–Trinajstić information content (AvgIpc) is 3.83. The Kier molecular flexibility index (Phi) is 7.44. The highest BCUT2D eigenvalue weighted by Gasteiger charge is 2.52. The van der Waals surface area contributed by atoms with E-state index in [4.69, 9.17) is 13.6 Å². The maximum absolute atomic E-state index is 15.9. The molecule has 12 heteroatoms. The fourth-order valence-electron chi connectivity index (χ4n) is 7.23. The maximum Gasteiger partial charge on any atom is 0.378 e. The van der Waals surface area contributed by atoms with Crippen molar-refractivity contribution in [2.24, 2.45) is 0 Å². The quantitative estimate of drug-likeness (QED) is 0.154. The molecule has 9 nitrogen and oxygen atoms in total. The molecule has 3 atom stereocenters. The molecule has 0 radical (unpaired) electrons. The van der Waals surface area contributed by atoms with Crippen molar-refractivity contribution in [2.45, 2.75) is 0 Å². The lowest BCUT2D eigenvalue weighted by Gasteiger charge is -2.30. The summed E-state index contributed by atoms with van der Waals surface area (Å²) in [5, 5.41) is 0.502. The Hall–Kier alpha value is -5.97. The molecule has 0 spiro atoms. The van der Waals surface area contributed by atoms with Gasteiger partial charge in [-0.1, -0.05) is 91.0 Å². The summed E-state index contributed by atoms with van der Waals surface area (Å²) in [6.45, 7) is 0. The molecule has 0 N–H and O–H groups in total. The zero-order chi connectivity index (χ0) is 36.5. The van der Waals surface area contributed by atoms with Crippen LogP contribution in [0, 0.1) is 0 Å². The van der Waals surface area contributed by atoms with Crippen LogP contribution in [-0.2, 0) is 13.7 Å². The van der Waals surface area contributed by atoms with E-state index in [1.165, 1.54) is 0 Å². The second-order valence-electron chi connectivity index (χ2n) is 12.9. The summed E-state index contributed by atoms with van der Waals surface area (Å²) in [5.41, 5.74) is 3.68. The van der Waals surface area contributed by atoms with Crippen LogP contribution >= 0.6 is 22.6 Å². The minimum atomic E-state index is -4.12. The van der Waals surface area contributed by atoms with Gasteiger partial charge in [-0.2, -0.15) is 0 Å². The SMILES string of the molecule is O=P1(c2cc(P3(=O)Oc4ccccc4N3c3ccccc3)cc(P3(=O)Oc4ccccc4N3c3ccccc3)c2)Oc2ccccc2N1c1ccccc1. The van der Waals surface area contributed by atoms with Crippen LogP contribution in [-0.4, -0.2) is 0 Å². The van der Waals surface area contributed by atoms with E-state index in [1.54, 1.807) is 50.4 Å². The topological polar surface area (TPSA) is 88.6 Å². The number of hydrogen-bond donors (Lipinski definition) is 0. The van der Waals surface area contributed by atoms with E-state index < -0.39 is 22.6 Å². The predicted molar refractivity (Wildman–Crippen MR) is 215 cm³/mol. The first-order chi connectivity index (χ1) is 26.4. The van der Waals surface area contributed by atoms with Crippen molar-refractivity contribution >= 4 is 72.6 Å². The number of nitrogens with zero attached hydrogens (tertiary/aromatic N) is 3. The number of anilines is 6. The third-order valence-electron chi connectivity index (χ3n) is 9.60. The third-order valence-corrected chi connectivity index (χ3v) is 16.6. The molecule has 0 aromatic heterocycles. The van der Waals surface area contributed by atoms with Crippen LogP contribution in [0.1, 0.15) is 0 Å². The van der Waals surface area contributed by atoms with Crippen LogP contribution in [0.2, 0.25) is 0 Å². The Morgan fingerprint density at radius 3 is 0.833 bits per heavy atom. The van der Waals surface area contributed by atoms with Gasteiger partial charge in [0.15, 0.2) is 17.2 Å². The first kappa shape index (κ1) is 32.7. The second-order valence-corrected chi connectivity index (χ2v) is 19.3. The second kappa shape index (κ2) is 12.3. The molecular formula is C42H30N3O6P3. The third kappa shape index (κ3) is 4.90. The Bertz CT molecular complexity index is 2420. The Morgan fingerprint density at radius 1 is 0.315 bits per heavy atom. The van der Waals surface area contributed by atoms with E-state index in [2.05, 4.69) is 0 Å². The Balaban J connectivity index is 1.25. The van der Waals surface area contributed by atoms with Crippen LogP contribution in [0.3, 0.4) is 0 Å². The molecule has 10 rings (SSSR count). The highest BCUT2D eigenvalue weighted by Crippen LogP contribution is 2.68. The summed E-state index contributed by atoms with van der Waals surface area (Å²) >= 11 is 0. The standard InChI is InChI=1S/C42H30N3O6P3/c46-52(43(31-16-4-1-5-17-31)37-22-10-13-25-40(37)49-52)34-28-35(53(47)44(32-18-6-2-7-19-32)38-23-11-14-26-41(38)50-53)30-36(29-34)54(48)45(33-20-8-3-9-21-33)39-24-12-15-27-42(39)51-54/h1-30H. The van der Waals surface area contributed by atoms with Crippen molar-refractivity contribution in [3.8, 4) is 17.2 Å². The van der Waals surface area contributed by atoms with Crippen molar-refractivity contribution in [2.75, 3.05) is 14.0 Å². The van der Waals surface area contributed by atoms with Gasteiger partial charge in [-0.25, -0.2) is 13.7 Å². The first-order valence-corrected chi connectivity index (χ1v) is 22.0. The summed E-state index contributed by atoms with van der Waals surface area (Å²) in [6.07, 6.45) is 0. The van der Waals surface area contributed by atoms with Gasteiger partial charge in [0.25, 0.3) is 0 Å². The molecule has 7 aromatic carbocycles. The predicted octanol–water partition coefficient (Wildman–Crippen LogP) is 10.8. The molecule has 3 unspecified atom stereocenters. The molecule has 0 fully saturated rings. The smallest absolute Gasteiger partial charge is 0.378 e. The minimum Gasteiger partial charge on any atom is -0.423 e. The molecular weight excluding hydrogens is 735 g/mol. The molecule has 0 saturated carbocycles. The van der Waals surface area contributed by atoms with Gasteiger partial charge in [-0.05, 0) is 91.0 Å². The minimum absolute atomic E-state index is 0.167. The van der Waals surface area contributed by atoms with E-state index in [1.807, 2.05) is 146 Å². The van der Waals surface area contributed by atoms with Gasteiger partial charge in [0.2, 0.25) is 0 Å². The molecule has 3 aliphatic heterocycles. The summed E-state index contributed by atoms with van der Waals surface area (Å²) in [7, 11) is -12.4. The molecule has 7 aromatic rings. The molecule has 0 amide bonds. The van der Waals surface area contributed by atoms with Gasteiger partial charge < -0.3 is 13.6 Å². The first-order valence-electron chi connectivity index (χ1n) is 17.3. The zero-order valence-electron chi connectivity index (χ0n) is 28.5. The lowest BCUT2D eigenvalue weighted by atomic mass is 10.2. The zero-order valence-corrected chi connectivity index (χ0v) is 31.1. The number of para-hydroxylation sites is 9. The van der Waals surface area contributed by atoms with Crippen LogP contribution in [0.25, 0.3) is 0 Å². The summed E-state index contributed by atoms with van der Waals surface area (Å²) < 4.78 is 72.2. The van der Waals surface area contributed by atoms with Gasteiger partial charge >= 0.3 is 22.6 Å². The van der Waals surface area contributed by atoms with E-state index in [9.17, 15) is 0 Å². The van der Waals surface area contributed by atoms with Gasteiger partial charge in [0.05, 0.1) is 50.0 Å². The average molecular weight is 766 g/mol. The molecule has 264 valence electrons. The summed E-state index contributed by atoms with van der Waals surface area (Å²) in [4.78, 5) is 0. The highest BCUT2D eigenvalue weighted by molar-refractivity contribution is 7.73. The van der Waals surface area contributed by atoms with Crippen molar-refractivity contribution in [1.29, 1.82) is 0 Å². The number of rotatable bonds is 6. The van der Waals surface area contributed by atoms with Crippen molar-refractivity contribution in [3.63, 3.8) is 0 Å². The fraction of sp³-hybridized carbons (Fsp3) is 0. The van der Waals surface area contributed by atoms with Crippen LogP contribution in [0.4, 0.5) is 34.1 Å². The van der Waals surface area contributed by atoms with Crippen molar-refractivity contribution in [1.82, 2.24) is 0 Å². The lowest BCUT2D eigenvalue weighted by Crippen LogP contribution is -2.32. The summed E-state index contributed by atoms with van der Waals surface area (Å²) in [5.74, 6) is 1.25.